The Labute approximate surface area is 126 Å². The fourth-order valence-electron chi connectivity index (χ4n) is 5.16. The van der Waals surface area contributed by atoms with E-state index in [9.17, 15) is 4.79 Å². The zero-order chi connectivity index (χ0) is 15.0. The number of hydrogen-bond acceptors (Lipinski definition) is 2. The molecule has 1 aromatic rings. The van der Waals surface area contributed by atoms with E-state index in [4.69, 9.17) is 0 Å². The number of rotatable bonds is 1. The molecule has 1 N–H and O–H groups in total. The third-order valence-corrected chi connectivity index (χ3v) is 6.92. The molecule has 1 aliphatic heterocycles. The smallest absolute Gasteiger partial charge is 0.246 e. The summed E-state index contributed by atoms with van der Waals surface area (Å²) in [6.45, 7) is 9.15. The number of hydrazine groups is 1. The van der Waals surface area contributed by atoms with Crippen LogP contribution in [-0.2, 0) is 4.79 Å². The van der Waals surface area contributed by atoms with E-state index in [1.54, 1.807) is 5.01 Å². The molecule has 2 unspecified atom stereocenters. The molecule has 4 rings (SSSR count). The molecule has 1 heterocycles. The van der Waals surface area contributed by atoms with Gasteiger partial charge in [0.2, 0.25) is 5.91 Å². The second-order valence-corrected chi connectivity index (χ2v) is 7.93. The van der Waals surface area contributed by atoms with E-state index in [0.717, 1.165) is 5.69 Å². The number of amides is 1. The van der Waals surface area contributed by atoms with Crippen LogP contribution >= 0.6 is 0 Å². The molecular weight excluding hydrogens is 260 g/mol. The van der Waals surface area contributed by atoms with Crippen LogP contribution in [0.2, 0.25) is 0 Å². The van der Waals surface area contributed by atoms with E-state index in [1.165, 1.54) is 18.4 Å². The number of anilines is 1. The Morgan fingerprint density at radius 1 is 1.19 bits per heavy atom. The summed E-state index contributed by atoms with van der Waals surface area (Å²) in [6, 6.07) is 8.50. The Hall–Kier alpha value is -1.35. The van der Waals surface area contributed by atoms with E-state index in [1.807, 2.05) is 12.1 Å². The monoisotopic (exact) mass is 284 g/mol. The first-order valence-electron chi connectivity index (χ1n) is 8.03. The van der Waals surface area contributed by atoms with Crippen molar-refractivity contribution < 1.29 is 4.79 Å². The van der Waals surface area contributed by atoms with Gasteiger partial charge in [0.25, 0.3) is 0 Å². The summed E-state index contributed by atoms with van der Waals surface area (Å²) < 4.78 is 0. The fourth-order valence-corrected chi connectivity index (χ4v) is 5.16. The molecule has 21 heavy (non-hydrogen) atoms. The SMILES string of the molecule is Cc1ccc(N2NC3C(C2=O)[C@H]2CC[C@]3(C)C2(C)C)cc1. The van der Waals surface area contributed by atoms with Gasteiger partial charge in [-0.3, -0.25) is 4.79 Å². The number of aryl methyl sites for hydroxylation is 1. The van der Waals surface area contributed by atoms with Crippen LogP contribution in [0.5, 0.6) is 0 Å². The van der Waals surface area contributed by atoms with Crippen molar-refractivity contribution in [3.63, 3.8) is 0 Å². The molecule has 112 valence electrons. The molecule has 2 aliphatic carbocycles. The highest BCUT2D eigenvalue weighted by Gasteiger charge is 2.70. The summed E-state index contributed by atoms with van der Waals surface area (Å²) in [5, 5.41) is 1.81. The molecule has 1 aromatic carbocycles. The zero-order valence-corrected chi connectivity index (χ0v) is 13.3. The summed E-state index contributed by atoms with van der Waals surface area (Å²) in [4.78, 5) is 13.0. The number of nitrogens with zero attached hydrogens (tertiary/aromatic N) is 1. The van der Waals surface area contributed by atoms with E-state index in [2.05, 4.69) is 45.3 Å². The summed E-state index contributed by atoms with van der Waals surface area (Å²) in [6.07, 6.45) is 2.42. The normalized spacial score (nSPS) is 39.9. The molecule has 3 fully saturated rings. The first-order valence-corrected chi connectivity index (χ1v) is 8.03. The predicted octanol–water partition coefficient (Wildman–Crippen LogP) is 3.29. The second-order valence-electron chi connectivity index (χ2n) is 7.93. The lowest BCUT2D eigenvalue weighted by atomic mass is 9.69. The van der Waals surface area contributed by atoms with Crippen molar-refractivity contribution >= 4 is 11.6 Å². The van der Waals surface area contributed by atoms with E-state index < -0.39 is 0 Å². The zero-order valence-electron chi connectivity index (χ0n) is 13.3. The van der Waals surface area contributed by atoms with Crippen molar-refractivity contribution in [1.29, 1.82) is 0 Å². The lowest BCUT2D eigenvalue weighted by Crippen LogP contribution is -2.47. The maximum Gasteiger partial charge on any atom is 0.246 e. The number of carbonyl (C=O) groups excluding carboxylic acids is 1. The Kier molecular flexibility index (Phi) is 2.47. The predicted molar refractivity (Wildman–Crippen MR) is 83.7 cm³/mol. The van der Waals surface area contributed by atoms with Gasteiger partial charge in [-0.05, 0) is 48.6 Å². The molecule has 3 nitrogen and oxygen atoms in total. The maximum absolute atomic E-state index is 13.0. The van der Waals surface area contributed by atoms with Crippen LogP contribution in [0.25, 0.3) is 0 Å². The van der Waals surface area contributed by atoms with Gasteiger partial charge in [0.05, 0.1) is 11.6 Å². The minimum atomic E-state index is 0.153. The molecule has 1 amide bonds. The third-order valence-electron chi connectivity index (χ3n) is 6.92. The molecule has 4 atom stereocenters. The van der Waals surface area contributed by atoms with Gasteiger partial charge in [0.1, 0.15) is 0 Å². The Morgan fingerprint density at radius 3 is 2.48 bits per heavy atom. The summed E-state index contributed by atoms with van der Waals surface area (Å²) in [5.74, 6) is 0.938. The van der Waals surface area contributed by atoms with Crippen molar-refractivity contribution in [2.45, 2.75) is 46.6 Å². The Bertz CT molecular complexity index is 606. The fraction of sp³-hybridized carbons (Fsp3) is 0.611. The molecule has 0 spiro atoms. The highest BCUT2D eigenvalue weighted by atomic mass is 16.2. The summed E-state index contributed by atoms with van der Waals surface area (Å²) >= 11 is 0. The van der Waals surface area contributed by atoms with Crippen LogP contribution in [0.3, 0.4) is 0 Å². The van der Waals surface area contributed by atoms with E-state index in [0.29, 0.717) is 12.0 Å². The number of hydrogen-bond donors (Lipinski definition) is 1. The quantitative estimate of drug-likeness (QED) is 0.858. The second kappa shape index (κ2) is 3.89. The van der Waals surface area contributed by atoms with Gasteiger partial charge in [-0.1, -0.05) is 38.5 Å². The van der Waals surface area contributed by atoms with Gasteiger partial charge in [0.15, 0.2) is 0 Å². The van der Waals surface area contributed by atoms with Crippen molar-refractivity contribution in [3.8, 4) is 0 Å². The third kappa shape index (κ3) is 1.45. The Balaban J connectivity index is 1.71. The molecule has 3 aliphatic rings. The standard InChI is InChI=1S/C18H24N2O/c1-11-5-7-12(8-6-11)20-16(21)14-13-9-10-18(4,15(14)19-20)17(13,2)3/h5-8,13-15,19H,9-10H2,1-4H3/t13-,14?,15?,18+/m1/s1. The largest absolute Gasteiger partial charge is 0.273 e. The minimum Gasteiger partial charge on any atom is -0.273 e. The van der Waals surface area contributed by atoms with Crippen molar-refractivity contribution in [3.05, 3.63) is 29.8 Å². The molecule has 2 saturated carbocycles. The van der Waals surface area contributed by atoms with Crippen LogP contribution in [0.4, 0.5) is 5.69 Å². The molecule has 3 heteroatoms. The van der Waals surface area contributed by atoms with Crippen LogP contribution in [0.1, 0.15) is 39.2 Å². The van der Waals surface area contributed by atoms with Gasteiger partial charge < -0.3 is 0 Å². The van der Waals surface area contributed by atoms with Crippen molar-refractivity contribution in [2.75, 3.05) is 5.01 Å². The average Bonchev–Trinajstić information content (AvgIpc) is 2.95. The van der Waals surface area contributed by atoms with E-state index >= 15 is 0 Å². The molecule has 2 bridgehead atoms. The molecular formula is C18H24N2O. The number of benzene rings is 1. The van der Waals surface area contributed by atoms with Crippen LogP contribution in [0.15, 0.2) is 24.3 Å². The maximum atomic E-state index is 13.0. The number of carbonyl (C=O) groups is 1. The van der Waals surface area contributed by atoms with Crippen LogP contribution in [-0.4, -0.2) is 11.9 Å². The van der Waals surface area contributed by atoms with Gasteiger partial charge in [0, 0.05) is 6.04 Å². The highest BCUT2D eigenvalue weighted by molar-refractivity contribution is 5.97. The van der Waals surface area contributed by atoms with Gasteiger partial charge in [-0.2, -0.15) is 0 Å². The lowest BCUT2D eigenvalue weighted by molar-refractivity contribution is -0.122. The summed E-state index contributed by atoms with van der Waals surface area (Å²) in [7, 11) is 0. The number of nitrogens with one attached hydrogen (secondary N) is 1. The van der Waals surface area contributed by atoms with E-state index in [-0.39, 0.29) is 22.7 Å². The average molecular weight is 284 g/mol. The number of fused-ring (bicyclic) bond motifs is 5. The van der Waals surface area contributed by atoms with Gasteiger partial charge >= 0.3 is 0 Å². The topological polar surface area (TPSA) is 32.3 Å². The lowest BCUT2D eigenvalue weighted by Gasteiger charge is -2.39. The highest BCUT2D eigenvalue weighted by Crippen LogP contribution is 2.69. The Morgan fingerprint density at radius 2 is 1.86 bits per heavy atom. The van der Waals surface area contributed by atoms with Crippen LogP contribution < -0.4 is 10.4 Å². The van der Waals surface area contributed by atoms with Gasteiger partial charge in [-0.15, -0.1) is 0 Å². The minimum absolute atomic E-state index is 0.153. The first-order chi connectivity index (χ1) is 9.86. The summed E-state index contributed by atoms with van der Waals surface area (Å²) in [5.41, 5.74) is 6.22. The molecule has 0 aromatic heterocycles. The molecule has 0 radical (unpaired) electrons. The van der Waals surface area contributed by atoms with Crippen molar-refractivity contribution in [1.82, 2.24) is 5.43 Å². The first kappa shape index (κ1) is 13.3. The molecule has 1 saturated heterocycles. The van der Waals surface area contributed by atoms with Crippen LogP contribution in [0, 0.1) is 29.6 Å². The van der Waals surface area contributed by atoms with Gasteiger partial charge in [-0.25, -0.2) is 10.4 Å². The van der Waals surface area contributed by atoms with Crippen molar-refractivity contribution in [2.24, 2.45) is 22.7 Å².